The quantitative estimate of drug-likeness (QED) is 0.0211. The summed E-state index contributed by atoms with van der Waals surface area (Å²) in [5, 5.41) is 9.64. The minimum Gasteiger partial charge on any atom is -0.477 e. The first-order valence-corrected chi connectivity index (χ1v) is 30.9. The molecule has 0 aliphatic heterocycles. The lowest BCUT2D eigenvalue weighted by Crippen LogP contribution is -2.40. The molecule has 2 unspecified atom stereocenters. The summed E-state index contributed by atoms with van der Waals surface area (Å²) in [5.41, 5.74) is 0. The van der Waals surface area contributed by atoms with Crippen LogP contribution in [0.5, 0.6) is 0 Å². The number of carbonyl (C=O) groups is 3. The van der Waals surface area contributed by atoms with Crippen molar-refractivity contribution in [2.75, 3.05) is 47.5 Å². The lowest BCUT2D eigenvalue weighted by atomic mass is 10.0. The Balaban J connectivity index is 3.78. The van der Waals surface area contributed by atoms with Gasteiger partial charge in [-0.15, -0.1) is 0 Å². The maximum absolute atomic E-state index is 12.8. The third-order valence-electron chi connectivity index (χ3n) is 14.0. The van der Waals surface area contributed by atoms with Crippen molar-refractivity contribution in [3.63, 3.8) is 0 Å². The standard InChI is InChI=1S/C62H119NO8/c1-6-8-10-12-14-15-16-17-18-19-20-21-22-23-24-25-26-27-28-29-30-31-32-33-34-35-36-37-38-39-40-41-42-43-44-45-47-49-51-53-60(65)71-58(56-69-59(64)52-50-48-46-13-11-9-7-2)57-70-62(61(66)67)68-55-54-63(3,4)5/h19-20,58,62H,6-18,21-57H2,1-5H3/p+1/b20-19-. The molecule has 0 radical (unpaired) electrons. The molecule has 0 aromatic rings. The molecule has 420 valence electrons. The van der Waals surface area contributed by atoms with Crippen molar-refractivity contribution in [3.8, 4) is 0 Å². The number of allylic oxidation sites excluding steroid dienone is 2. The van der Waals surface area contributed by atoms with Crippen LogP contribution in [0.4, 0.5) is 0 Å². The molecular formula is C62H120NO8+. The van der Waals surface area contributed by atoms with Gasteiger partial charge >= 0.3 is 17.9 Å². The van der Waals surface area contributed by atoms with Crippen molar-refractivity contribution in [3.05, 3.63) is 12.2 Å². The van der Waals surface area contributed by atoms with E-state index in [-0.39, 0.29) is 38.2 Å². The molecule has 0 amide bonds. The zero-order valence-corrected chi connectivity index (χ0v) is 47.9. The molecule has 0 rings (SSSR count). The average Bonchev–Trinajstić information content (AvgIpc) is 3.34. The first kappa shape index (κ1) is 69.0. The average molecular weight is 1010 g/mol. The van der Waals surface area contributed by atoms with Crippen LogP contribution in [-0.4, -0.2) is 87.4 Å². The van der Waals surface area contributed by atoms with Gasteiger partial charge in [0.2, 0.25) is 0 Å². The van der Waals surface area contributed by atoms with Crippen LogP contribution in [-0.2, 0) is 33.3 Å². The summed E-state index contributed by atoms with van der Waals surface area (Å²) in [6, 6.07) is 0. The Morgan fingerprint density at radius 1 is 0.408 bits per heavy atom. The predicted molar refractivity (Wildman–Crippen MR) is 300 cm³/mol. The number of ether oxygens (including phenoxy) is 4. The van der Waals surface area contributed by atoms with Gasteiger partial charge in [0.1, 0.15) is 13.2 Å². The van der Waals surface area contributed by atoms with E-state index < -0.39 is 18.4 Å². The number of carbonyl (C=O) groups excluding carboxylic acids is 2. The molecular weight excluding hydrogens is 887 g/mol. The maximum atomic E-state index is 12.8. The summed E-state index contributed by atoms with van der Waals surface area (Å²) in [7, 11) is 5.97. The lowest BCUT2D eigenvalue weighted by Gasteiger charge is -2.25. The lowest BCUT2D eigenvalue weighted by molar-refractivity contribution is -0.870. The Morgan fingerprint density at radius 3 is 1.04 bits per heavy atom. The summed E-state index contributed by atoms with van der Waals surface area (Å²) >= 11 is 0. The van der Waals surface area contributed by atoms with Gasteiger partial charge in [0, 0.05) is 12.8 Å². The van der Waals surface area contributed by atoms with E-state index in [1.807, 2.05) is 21.1 Å². The van der Waals surface area contributed by atoms with Crippen LogP contribution in [0.25, 0.3) is 0 Å². The van der Waals surface area contributed by atoms with Crippen LogP contribution < -0.4 is 0 Å². The number of likely N-dealkylation sites (N-methyl/N-ethyl adjacent to an activating group) is 1. The third kappa shape index (κ3) is 55.6. The van der Waals surface area contributed by atoms with Crippen LogP contribution in [0.2, 0.25) is 0 Å². The van der Waals surface area contributed by atoms with E-state index in [0.29, 0.717) is 17.4 Å². The highest BCUT2D eigenvalue weighted by Crippen LogP contribution is 2.18. The molecule has 0 fully saturated rings. The zero-order chi connectivity index (χ0) is 52.0. The first-order chi connectivity index (χ1) is 34.6. The van der Waals surface area contributed by atoms with Crippen molar-refractivity contribution in [2.45, 2.75) is 322 Å². The molecule has 0 saturated carbocycles. The van der Waals surface area contributed by atoms with Gasteiger partial charge in [-0.05, 0) is 38.5 Å². The molecule has 0 aliphatic rings. The second-order valence-corrected chi connectivity index (χ2v) is 22.4. The second kappa shape index (κ2) is 54.3. The maximum Gasteiger partial charge on any atom is 0.361 e. The van der Waals surface area contributed by atoms with Gasteiger partial charge in [-0.2, -0.15) is 0 Å². The van der Waals surface area contributed by atoms with E-state index in [9.17, 15) is 19.5 Å². The van der Waals surface area contributed by atoms with Crippen LogP contribution in [0.3, 0.4) is 0 Å². The minimum absolute atomic E-state index is 0.175. The summed E-state index contributed by atoms with van der Waals surface area (Å²) < 4.78 is 22.7. The fraction of sp³-hybridized carbons (Fsp3) is 0.919. The first-order valence-electron chi connectivity index (χ1n) is 30.9. The van der Waals surface area contributed by atoms with E-state index in [1.54, 1.807) is 0 Å². The number of hydrogen-bond donors (Lipinski definition) is 1. The van der Waals surface area contributed by atoms with Gasteiger partial charge in [-0.25, -0.2) is 4.79 Å². The number of unbranched alkanes of at least 4 members (excludes halogenated alkanes) is 41. The van der Waals surface area contributed by atoms with Crippen LogP contribution in [0, 0.1) is 0 Å². The molecule has 0 aliphatic carbocycles. The number of esters is 2. The van der Waals surface area contributed by atoms with Crippen LogP contribution in [0.15, 0.2) is 12.2 Å². The highest BCUT2D eigenvalue weighted by Gasteiger charge is 2.25. The Bertz CT molecular complexity index is 1170. The SMILES string of the molecule is CCCCCCCCCC/C=C\CCCCCCCCCCCCCCCCCCCCCCCCCCCCCC(=O)OC(COC(=O)CCCCCCCCC)COC(OCC[N+](C)(C)C)C(=O)O. The van der Waals surface area contributed by atoms with Crippen molar-refractivity contribution >= 4 is 17.9 Å². The Hall–Kier alpha value is -1.97. The van der Waals surface area contributed by atoms with E-state index in [1.165, 1.54) is 244 Å². The van der Waals surface area contributed by atoms with Gasteiger partial charge in [-0.1, -0.05) is 270 Å². The monoisotopic (exact) mass is 1010 g/mol. The molecule has 0 saturated heterocycles. The number of carboxylic acid groups (broad SMARTS) is 1. The molecule has 9 nitrogen and oxygen atoms in total. The minimum atomic E-state index is -1.50. The van der Waals surface area contributed by atoms with Gasteiger partial charge in [-0.3, -0.25) is 9.59 Å². The molecule has 71 heavy (non-hydrogen) atoms. The molecule has 0 bridgehead atoms. The highest BCUT2D eigenvalue weighted by atomic mass is 16.7. The summed E-state index contributed by atoms with van der Waals surface area (Å²) in [6.45, 7) is 4.87. The number of hydrogen-bond acceptors (Lipinski definition) is 7. The van der Waals surface area contributed by atoms with Gasteiger partial charge < -0.3 is 28.5 Å². The molecule has 1 N–H and O–H groups in total. The van der Waals surface area contributed by atoms with Crippen molar-refractivity contribution < 1.29 is 42.9 Å². The fourth-order valence-electron chi connectivity index (χ4n) is 9.25. The van der Waals surface area contributed by atoms with Gasteiger partial charge in [0.15, 0.2) is 6.10 Å². The zero-order valence-electron chi connectivity index (χ0n) is 47.9. The molecule has 0 spiro atoms. The summed E-state index contributed by atoms with van der Waals surface area (Å²) in [4.78, 5) is 37.1. The van der Waals surface area contributed by atoms with Gasteiger partial charge in [0.05, 0.1) is 34.4 Å². The van der Waals surface area contributed by atoms with Crippen LogP contribution >= 0.6 is 0 Å². The fourth-order valence-corrected chi connectivity index (χ4v) is 9.25. The van der Waals surface area contributed by atoms with Gasteiger partial charge in [0.25, 0.3) is 6.29 Å². The van der Waals surface area contributed by atoms with E-state index in [4.69, 9.17) is 18.9 Å². The molecule has 0 aromatic carbocycles. The van der Waals surface area contributed by atoms with E-state index in [2.05, 4.69) is 26.0 Å². The summed E-state index contributed by atoms with van der Waals surface area (Å²) in [5.74, 6) is -1.99. The number of nitrogens with zero attached hydrogens (tertiary/aromatic N) is 1. The van der Waals surface area contributed by atoms with Crippen molar-refractivity contribution in [1.82, 2.24) is 0 Å². The Kier molecular flexibility index (Phi) is 52.8. The smallest absolute Gasteiger partial charge is 0.361 e. The molecule has 0 aromatic heterocycles. The Morgan fingerprint density at radius 2 is 0.718 bits per heavy atom. The predicted octanol–water partition coefficient (Wildman–Crippen LogP) is 18.1. The van der Waals surface area contributed by atoms with Crippen LogP contribution in [0.1, 0.15) is 309 Å². The molecule has 0 heterocycles. The normalized spacial score (nSPS) is 12.7. The highest BCUT2D eigenvalue weighted by molar-refractivity contribution is 5.71. The number of rotatable bonds is 58. The van der Waals surface area contributed by atoms with Crippen molar-refractivity contribution in [1.29, 1.82) is 0 Å². The number of quaternary nitrogens is 1. The topological polar surface area (TPSA) is 108 Å². The summed E-state index contributed by atoms with van der Waals surface area (Å²) in [6.07, 6.45) is 60.9. The largest absolute Gasteiger partial charge is 0.477 e. The van der Waals surface area contributed by atoms with E-state index >= 15 is 0 Å². The number of aliphatic carboxylic acids is 1. The third-order valence-corrected chi connectivity index (χ3v) is 14.0. The second-order valence-electron chi connectivity index (χ2n) is 22.4. The Labute approximate surface area is 440 Å². The number of carboxylic acids is 1. The molecule has 2 atom stereocenters. The molecule has 9 heteroatoms. The van der Waals surface area contributed by atoms with Crippen molar-refractivity contribution in [2.24, 2.45) is 0 Å². The van der Waals surface area contributed by atoms with E-state index in [0.717, 1.165) is 38.5 Å².